The molecule has 2 N–H and O–H groups in total. The number of nitrogens with zero attached hydrogens (tertiary/aromatic N) is 3. The van der Waals surface area contributed by atoms with Crippen molar-refractivity contribution in [3.8, 4) is 0 Å². The maximum absolute atomic E-state index is 12.9. The third-order valence-corrected chi connectivity index (χ3v) is 7.41. The number of carbonyl (C=O) groups excluding carboxylic acids is 2. The number of piperidine rings is 1. The third-order valence-electron chi connectivity index (χ3n) is 5.50. The number of hydrogen-bond acceptors (Lipinski definition) is 6. The quantitative estimate of drug-likeness (QED) is 0.549. The van der Waals surface area contributed by atoms with Gasteiger partial charge in [-0.3, -0.25) is 19.0 Å². The van der Waals surface area contributed by atoms with Gasteiger partial charge in [-0.1, -0.05) is 0 Å². The summed E-state index contributed by atoms with van der Waals surface area (Å²) in [5.74, 6) is -0.655. The largest absolute Gasteiger partial charge is 0.350 e. The first-order valence-corrected chi connectivity index (χ1v) is 12.1. The van der Waals surface area contributed by atoms with Gasteiger partial charge in [-0.15, -0.1) is 0 Å². The van der Waals surface area contributed by atoms with Crippen LogP contribution in [0.15, 0.2) is 51.0 Å². The van der Waals surface area contributed by atoms with Crippen molar-refractivity contribution in [2.24, 2.45) is 14.1 Å². The van der Waals surface area contributed by atoms with Crippen LogP contribution in [0, 0.1) is 0 Å². The Morgan fingerprint density at radius 1 is 1.06 bits per heavy atom. The van der Waals surface area contributed by atoms with Crippen LogP contribution in [-0.4, -0.2) is 52.8 Å². The van der Waals surface area contributed by atoms with Gasteiger partial charge in [0, 0.05) is 58.1 Å². The minimum atomic E-state index is -3.69. The fourth-order valence-electron chi connectivity index (χ4n) is 3.67. The summed E-state index contributed by atoms with van der Waals surface area (Å²) in [4.78, 5) is 47.4. The number of rotatable bonds is 6. The zero-order valence-electron chi connectivity index (χ0n) is 19.1. The molecular formula is C22H27N5O6S. The van der Waals surface area contributed by atoms with Gasteiger partial charge in [-0.05, 0) is 43.2 Å². The minimum absolute atomic E-state index is 0.130. The molecule has 1 aliphatic heterocycles. The summed E-state index contributed by atoms with van der Waals surface area (Å²) in [6.07, 6.45) is 4.80. The van der Waals surface area contributed by atoms with Gasteiger partial charge < -0.3 is 15.2 Å². The first-order valence-electron chi connectivity index (χ1n) is 10.6. The highest BCUT2D eigenvalue weighted by molar-refractivity contribution is 7.89. The van der Waals surface area contributed by atoms with Crippen molar-refractivity contribution in [3.05, 3.63) is 62.9 Å². The van der Waals surface area contributed by atoms with E-state index in [9.17, 15) is 27.6 Å². The lowest BCUT2D eigenvalue weighted by Crippen LogP contribution is -2.46. The zero-order chi connectivity index (χ0) is 25.0. The molecule has 2 amide bonds. The van der Waals surface area contributed by atoms with Gasteiger partial charge in [0.15, 0.2) is 0 Å². The molecule has 3 rings (SSSR count). The molecule has 1 fully saturated rings. The van der Waals surface area contributed by atoms with Gasteiger partial charge >= 0.3 is 5.69 Å². The molecular weight excluding hydrogens is 462 g/mol. The fourth-order valence-corrected chi connectivity index (χ4v) is 5.14. The minimum Gasteiger partial charge on any atom is -0.350 e. The van der Waals surface area contributed by atoms with Crippen molar-refractivity contribution in [1.29, 1.82) is 0 Å². The molecule has 34 heavy (non-hydrogen) atoms. The Hall–Kier alpha value is -3.51. The van der Waals surface area contributed by atoms with Gasteiger partial charge in [-0.2, -0.15) is 4.31 Å². The molecule has 1 aliphatic rings. The van der Waals surface area contributed by atoms with E-state index >= 15 is 0 Å². The predicted octanol–water partition coefficient (Wildman–Crippen LogP) is 0.0251. The van der Waals surface area contributed by atoms with Crippen molar-refractivity contribution in [1.82, 2.24) is 18.8 Å². The van der Waals surface area contributed by atoms with E-state index in [1.165, 1.54) is 72.5 Å². The maximum atomic E-state index is 12.9. The van der Waals surface area contributed by atoms with E-state index in [4.69, 9.17) is 0 Å². The summed E-state index contributed by atoms with van der Waals surface area (Å²) in [5, 5.41) is 5.41. The molecule has 0 radical (unpaired) electrons. The summed E-state index contributed by atoms with van der Waals surface area (Å²) in [5.41, 5.74) is -0.255. The SMILES string of the molecule is CC(=O)Nc1ccc(S(=O)(=O)N2CCC(NC(=O)/C=C/c3cn(C)c(=O)n(C)c3=O)CC2)cc1. The first-order chi connectivity index (χ1) is 16.0. The Morgan fingerprint density at radius 3 is 2.26 bits per heavy atom. The normalized spacial score (nSPS) is 15.4. The van der Waals surface area contributed by atoms with Crippen LogP contribution in [0.1, 0.15) is 25.3 Å². The first kappa shape index (κ1) is 25.1. The lowest BCUT2D eigenvalue weighted by Gasteiger charge is -2.31. The second-order valence-corrected chi connectivity index (χ2v) is 10.0. The molecule has 12 heteroatoms. The van der Waals surface area contributed by atoms with Crippen LogP contribution in [0.4, 0.5) is 5.69 Å². The molecule has 2 heterocycles. The molecule has 0 aliphatic carbocycles. The standard InChI is InChI=1S/C22H27N5O6S/c1-15(28)23-17-5-7-19(8-6-17)34(32,33)27-12-10-18(11-13-27)24-20(29)9-4-16-14-25(2)22(31)26(3)21(16)30/h4-9,14,18H,10-13H2,1-3H3,(H,23,28)(H,24,29)/b9-4+. The summed E-state index contributed by atoms with van der Waals surface area (Å²) in [6.45, 7) is 1.85. The Kier molecular flexibility index (Phi) is 7.52. The van der Waals surface area contributed by atoms with Crippen LogP contribution in [0.2, 0.25) is 0 Å². The summed E-state index contributed by atoms with van der Waals surface area (Å²) in [7, 11) is -0.818. The van der Waals surface area contributed by atoms with Crippen LogP contribution in [-0.2, 0) is 33.7 Å². The second kappa shape index (κ2) is 10.2. The topological polar surface area (TPSA) is 140 Å². The number of sulfonamides is 1. The van der Waals surface area contributed by atoms with E-state index in [2.05, 4.69) is 10.6 Å². The van der Waals surface area contributed by atoms with E-state index < -0.39 is 27.2 Å². The van der Waals surface area contributed by atoms with E-state index in [-0.39, 0.29) is 35.5 Å². The number of nitrogens with one attached hydrogen (secondary N) is 2. The van der Waals surface area contributed by atoms with Gasteiger partial charge in [0.1, 0.15) is 0 Å². The molecule has 1 aromatic heterocycles. The molecule has 182 valence electrons. The lowest BCUT2D eigenvalue weighted by atomic mass is 10.1. The average molecular weight is 490 g/mol. The number of benzene rings is 1. The highest BCUT2D eigenvalue weighted by Gasteiger charge is 2.29. The molecule has 0 spiro atoms. The predicted molar refractivity (Wildman–Crippen MR) is 127 cm³/mol. The van der Waals surface area contributed by atoms with Crippen LogP contribution in [0.5, 0.6) is 0 Å². The van der Waals surface area contributed by atoms with E-state index in [0.29, 0.717) is 18.5 Å². The van der Waals surface area contributed by atoms with Gasteiger partial charge in [-0.25, -0.2) is 13.2 Å². The van der Waals surface area contributed by atoms with Gasteiger partial charge in [0.25, 0.3) is 5.56 Å². The van der Waals surface area contributed by atoms with Crippen LogP contribution < -0.4 is 21.9 Å². The number of carbonyl (C=O) groups is 2. The number of anilines is 1. The van der Waals surface area contributed by atoms with Gasteiger partial charge in [0.2, 0.25) is 21.8 Å². The highest BCUT2D eigenvalue weighted by atomic mass is 32.2. The Bertz CT molecular complexity index is 1330. The summed E-state index contributed by atoms with van der Waals surface area (Å²) in [6, 6.07) is 5.75. The molecule has 0 atom stereocenters. The number of amides is 2. The van der Waals surface area contributed by atoms with Crippen LogP contribution >= 0.6 is 0 Å². The average Bonchev–Trinajstić information content (AvgIpc) is 2.79. The van der Waals surface area contributed by atoms with Crippen molar-refractivity contribution < 1.29 is 18.0 Å². The van der Waals surface area contributed by atoms with E-state index in [0.717, 1.165) is 4.57 Å². The highest BCUT2D eigenvalue weighted by Crippen LogP contribution is 2.22. The third kappa shape index (κ3) is 5.69. The molecule has 0 saturated carbocycles. The van der Waals surface area contributed by atoms with Crippen molar-refractivity contribution in [2.75, 3.05) is 18.4 Å². The summed E-state index contributed by atoms with van der Waals surface area (Å²) >= 11 is 0. The second-order valence-electron chi connectivity index (χ2n) is 8.07. The monoisotopic (exact) mass is 489 g/mol. The van der Waals surface area contributed by atoms with Crippen molar-refractivity contribution in [2.45, 2.75) is 30.7 Å². The molecule has 1 aromatic carbocycles. The molecule has 11 nitrogen and oxygen atoms in total. The van der Waals surface area contributed by atoms with E-state index in [1.807, 2.05) is 0 Å². The number of hydrogen-bond donors (Lipinski definition) is 2. The summed E-state index contributed by atoms with van der Waals surface area (Å²) < 4.78 is 29.4. The van der Waals surface area contributed by atoms with Crippen molar-refractivity contribution in [3.63, 3.8) is 0 Å². The zero-order valence-corrected chi connectivity index (χ0v) is 20.0. The number of aromatic nitrogens is 2. The van der Waals surface area contributed by atoms with Crippen molar-refractivity contribution >= 4 is 33.6 Å². The maximum Gasteiger partial charge on any atom is 0.330 e. The fraction of sp³-hybridized carbons (Fsp3) is 0.364. The Balaban J connectivity index is 1.58. The molecule has 0 bridgehead atoms. The molecule has 1 saturated heterocycles. The van der Waals surface area contributed by atoms with Crippen LogP contribution in [0.3, 0.4) is 0 Å². The van der Waals surface area contributed by atoms with E-state index in [1.54, 1.807) is 0 Å². The smallest absolute Gasteiger partial charge is 0.330 e. The Morgan fingerprint density at radius 2 is 1.68 bits per heavy atom. The lowest BCUT2D eigenvalue weighted by molar-refractivity contribution is -0.117. The van der Waals surface area contributed by atoms with Crippen LogP contribution in [0.25, 0.3) is 6.08 Å². The number of aryl methyl sites for hydroxylation is 1. The Labute approximate surface area is 196 Å². The van der Waals surface area contributed by atoms with Gasteiger partial charge in [0.05, 0.1) is 10.5 Å². The molecule has 2 aromatic rings. The molecule has 0 unspecified atom stereocenters.